The Morgan fingerprint density at radius 1 is 1.50 bits per heavy atom. The summed E-state index contributed by atoms with van der Waals surface area (Å²) >= 11 is 0. The van der Waals surface area contributed by atoms with E-state index in [1.54, 1.807) is 0 Å². The fourth-order valence-corrected chi connectivity index (χ4v) is 2.49. The Morgan fingerprint density at radius 3 is 2.67 bits per heavy atom. The first-order valence-electron chi connectivity index (χ1n) is 5.92. The van der Waals surface area contributed by atoms with Crippen LogP contribution in [-0.4, -0.2) is 54.9 Å². The molecule has 1 heterocycles. The van der Waals surface area contributed by atoms with Gasteiger partial charge >= 0.3 is 0 Å². The highest BCUT2D eigenvalue weighted by Crippen LogP contribution is 2.32. The van der Waals surface area contributed by atoms with Crippen molar-refractivity contribution in [2.75, 3.05) is 26.4 Å². The number of hydrogen-bond donors (Lipinski definition) is 3. The lowest BCUT2D eigenvalue weighted by Gasteiger charge is -2.39. The van der Waals surface area contributed by atoms with Gasteiger partial charge in [0.2, 0.25) is 0 Å². The smallest absolute Gasteiger partial charge is 0.172 e. The van der Waals surface area contributed by atoms with Gasteiger partial charge in [0.15, 0.2) is 6.29 Å². The SMILES string of the molecule is COC1OC(CO)C(C)CC1NCC[P+]([O-])([O-])O. The van der Waals surface area contributed by atoms with Crippen LogP contribution in [0.25, 0.3) is 0 Å². The molecule has 0 amide bonds. The first-order chi connectivity index (χ1) is 8.37. The molecule has 0 saturated carbocycles. The van der Waals surface area contributed by atoms with Gasteiger partial charge in [0.25, 0.3) is 0 Å². The second kappa shape index (κ2) is 7.07. The lowest BCUT2D eigenvalue weighted by Crippen LogP contribution is -2.52. The molecular weight excluding hydrogens is 261 g/mol. The molecule has 1 aliphatic rings. The number of aliphatic hydroxyl groups excluding tert-OH is 1. The van der Waals surface area contributed by atoms with Crippen LogP contribution in [-0.2, 0) is 9.47 Å². The molecule has 8 heteroatoms. The number of hydrogen-bond acceptors (Lipinski definition) is 7. The molecule has 0 aromatic heterocycles. The van der Waals surface area contributed by atoms with Gasteiger partial charge in [-0.05, 0) is 12.3 Å². The molecule has 1 rings (SSSR count). The zero-order chi connectivity index (χ0) is 13.8. The second-order valence-electron chi connectivity index (χ2n) is 4.60. The van der Waals surface area contributed by atoms with Crippen molar-refractivity contribution in [2.24, 2.45) is 5.92 Å². The van der Waals surface area contributed by atoms with Gasteiger partial charge in [0.1, 0.15) is 0 Å². The summed E-state index contributed by atoms with van der Waals surface area (Å²) in [6.07, 6.45) is -0.407. The summed E-state index contributed by atoms with van der Waals surface area (Å²) in [6.45, 7) is 2.02. The third-order valence-corrected chi connectivity index (χ3v) is 3.90. The standard InChI is InChI=1S/C10H22NO6P/c1-7-5-8(11-3-4-18(13,14)15)10(16-2)17-9(7)6-12/h7-12H,3-6H2,1-2H3,(H2,13,14,15)/p-1. The maximum absolute atomic E-state index is 10.6. The van der Waals surface area contributed by atoms with E-state index in [1.807, 2.05) is 6.92 Å². The summed E-state index contributed by atoms with van der Waals surface area (Å²) in [5, 5.41) is 12.1. The van der Waals surface area contributed by atoms with Crippen LogP contribution in [0.3, 0.4) is 0 Å². The largest absolute Gasteiger partial charge is 0.660 e. The molecule has 4 unspecified atom stereocenters. The Morgan fingerprint density at radius 2 is 2.17 bits per heavy atom. The molecule has 7 nitrogen and oxygen atoms in total. The Labute approximate surface area is 107 Å². The van der Waals surface area contributed by atoms with Crippen molar-refractivity contribution in [1.82, 2.24) is 5.32 Å². The predicted octanol–water partition coefficient (Wildman–Crippen LogP) is -2.19. The molecule has 0 aromatic carbocycles. The van der Waals surface area contributed by atoms with Crippen LogP contribution in [0.1, 0.15) is 13.3 Å². The highest BCUT2D eigenvalue weighted by atomic mass is 31.2. The van der Waals surface area contributed by atoms with Crippen LogP contribution in [0.2, 0.25) is 0 Å². The van der Waals surface area contributed by atoms with Crippen LogP contribution in [0.5, 0.6) is 0 Å². The molecule has 1 aliphatic heterocycles. The maximum atomic E-state index is 10.6. The van der Waals surface area contributed by atoms with Gasteiger partial charge in [-0.15, -0.1) is 0 Å². The van der Waals surface area contributed by atoms with E-state index in [0.29, 0.717) is 6.42 Å². The Balaban J connectivity index is 2.43. The summed E-state index contributed by atoms with van der Waals surface area (Å²) in [6, 6.07) is -0.153. The van der Waals surface area contributed by atoms with Crippen molar-refractivity contribution in [2.45, 2.75) is 31.8 Å². The first-order valence-corrected chi connectivity index (χ1v) is 7.69. The summed E-state index contributed by atoms with van der Waals surface area (Å²) < 4.78 is 10.7. The highest BCUT2D eigenvalue weighted by Gasteiger charge is 2.35. The molecule has 0 bridgehead atoms. The predicted molar refractivity (Wildman–Crippen MR) is 62.3 cm³/mol. The van der Waals surface area contributed by atoms with Crippen LogP contribution in [0.4, 0.5) is 0 Å². The van der Waals surface area contributed by atoms with E-state index in [0.717, 1.165) is 0 Å². The minimum Gasteiger partial charge on any atom is -0.660 e. The highest BCUT2D eigenvalue weighted by molar-refractivity contribution is 7.55. The van der Waals surface area contributed by atoms with E-state index in [2.05, 4.69) is 5.32 Å². The van der Waals surface area contributed by atoms with Gasteiger partial charge < -0.3 is 29.7 Å². The zero-order valence-electron chi connectivity index (χ0n) is 10.6. The summed E-state index contributed by atoms with van der Waals surface area (Å²) in [5.74, 6) is 0.145. The van der Waals surface area contributed by atoms with Crippen molar-refractivity contribution in [1.29, 1.82) is 0 Å². The zero-order valence-corrected chi connectivity index (χ0v) is 11.5. The molecule has 1 saturated heterocycles. The molecule has 0 aliphatic carbocycles. The molecule has 3 N–H and O–H groups in total. The van der Waals surface area contributed by atoms with Crippen molar-refractivity contribution >= 4 is 7.94 Å². The van der Waals surface area contributed by atoms with Gasteiger partial charge in [-0.1, -0.05) is 6.92 Å². The van der Waals surface area contributed by atoms with Crippen LogP contribution in [0, 0.1) is 5.92 Å². The topological polar surface area (TPSA) is 117 Å². The van der Waals surface area contributed by atoms with Crippen LogP contribution in [0.15, 0.2) is 0 Å². The van der Waals surface area contributed by atoms with Crippen molar-refractivity contribution in [3.8, 4) is 0 Å². The Kier molecular flexibility index (Phi) is 6.37. The molecule has 0 aromatic rings. The van der Waals surface area contributed by atoms with E-state index in [1.165, 1.54) is 7.11 Å². The third-order valence-electron chi connectivity index (χ3n) is 3.11. The molecule has 1 fully saturated rings. The van der Waals surface area contributed by atoms with Crippen LogP contribution >= 0.6 is 7.94 Å². The van der Waals surface area contributed by atoms with Gasteiger partial charge in [-0.2, -0.15) is 0 Å². The molecule has 0 spiro atoms. The van der Waals surface area contributed by atoms with Gasteiger partial charge in [-0.25, -0.2) is 0 Å². The summed E-state index contributed by atoms with van der Waals surface area (Å²) in [7, 11) is -2.73. The summed E-state index contributed by atoms with van der Waals surface area (Å²) in [5.41, 5.74) is 0. The molecule has 108 valence electrons. The number of methoxy groups -OCH3 is 1. The van der Waals surface area contributed by atoms with Gasteiger partial charge in [0.05, 0.1) is 24.9 Å². The van der Waals surface area contributed by atoms with E-state index < -0.39 is 14.2 Å². The fraction of sp³-hybridized carbons (Fsp3) is 1.00. The number of rotatable bonds is 6. The number of nitrogens with one attached hydrogen (secondary N) is 1. The second-order valence-corrected chi connectivity index (χ2v) is 6.32. The lowest BCUT2D eigenvalue weighted by atomic mass is 9.93. The normalized spacial score (nSPS) is 33.7. The van der Waals surface area contributed by atoms with Crippen LogP contribution < -0.4 is 15.1 Å². The van der Waals surface area contributed by atoms with E-state index in [9.17, 15) is 9.79 Å². The fourth-order valence-electron chi connectivity index (χ4n) is 2.08. The minimum atomic E-state index is -4.23. The Bertz CT molecular complexity index is 249. The monoisotopic (exact) mass is 282 g/mol. The average Bonchev–Trinajstić information content (AvgIpc) is 2.27. The maximum Gasteiger partial charge on any atom is 0.172 e. The number of aliphatic hydroxyl groups is 1. The Hall–Kier alpha value is 0.150. The summed E-state index contributed by atoms with van der Waals surface area (Å²) in [4.78, 5) is 29.9. The molecule has 4 atom stereocenters. The molecule has 18 heavy (non-hydrogen) atoms. The first kappa shape index (κ1) is 16.2. The minimum absolute atomic E-state index is 0.0693. The lowest BCUT2D eigenvalue weighted by molar-refractivity contribution is -0.331. The van der Waals surface area contributed by atoms with Crippen molar-refractivity contribution in [3.05, 3.63) is 0 Å². The third kappa shape index (κ3) is 5.03. The molecular formula is C10H21NO6P-. The van der Waals surface area contributed by atoms with Crippen molar-refractivity contribution in [3.63, 3.8) is 0 Å². The van der Waals surface area contributed by atoms with Gasteiger partial charge in [0, 0.05) is 21.6 Å². The van der Waals surface area contributed by atoms with Gasteiger partial charge in [-0.3, -0.25) is 4.89 Å². The van der Waals surface area contributed by atoms with E-state index in [4.69, 9.17) is 19.5 Å². The quantitative estimate of drug-likeness (QED) is 0.474. The average molecular weight is 282 g/mol. The van der Waals surface area contributed by atoms with Crippen molar-refractivity contribution < 1.29 is 29.3 Å². The van der Waals surface area contributed by atoms with E-state index >= 15 is 0 Å². The van der Waals surface area contributed by atoms with E-state index in [-0.39, 0.29) is 37.4 Å². The molecule has 0 radical (unpaired) electrons. The number of ether oxygens (including phenoxy) is 2.